The van der Waals surface area contributed by atoms with Gasteiger partial charge in [0.1, 0.15) is 5.82 Å². The second kappa shape index (κ2) is 5.14. The molecular formula is C11H7ClFIN2O. The van der Waals surface area contributed by atoms with E-state index in [1.165, 1.54) is 35.3 Å². The Morgan fingerprint density at radius 2 is 2.24 bits per heavy atom. The van der Waals surface area contributed by atoms with Crippen LogP contribution in [0.25, 0.3) is 0 Å². The van der Waals surface area contributed by atoms with Crippen LogP contribution in [0.3, 0.4) is 0 Å². The molecule has 0 amide bonds. The Bertz CT molecular complexity index is 615. The summed E-state index contributed by atoms with van der Waals surface area (Å²) in [5.74, 6) is -0.389. The van der Waals surface area contributed by atoms with Gasteiger partial charge in [0.2, 0.25) is 0 Å². The largest absolute Gasteiger partial charge is 0.294 e. The lowest BCUT2D eigenvalue weighted by Gasteiger charge is -2.06. The number of rotatable bonds is 2. The standard InChI is InChI=1S/C11H7ClFIN2O/c12-8-1-2-9(13)7(3-8)5-16-6-15-4-10(14)11(16)17/h1-4,6H,5H2. The van der Waals surface area contributed by atoms with E-state index >= 15 is 0 Å². The molecule has 3 nitrogen and oxygen atoms in total. The van der Waals surface area contributed by atoms with Crippen LogP contribution in [0.2, 0.25) is 5.02 Å². The normalized spacial score (nSPS) is 10.5. The van der Waals surface area contributed by atoms with Crippen LogP contribution in [0.1, 0.15) is 5.56 Å². The molecule has 0 saturated carbocycles. The minimum absolute atomic E-state index is 0.120. The molecule has 0 aliphatic heterocycles. The van der Waals surface area contributed by atoms with Crippen LogP contribution in [-0.2, 0) is 6.54 Å². The molecule has 0 radical (unpaired) electrons. The fraction of sp³-hybridized carbons (Fsp3) is 0.0909. The van der Waals surface area contributed by atoms with Gasteiger partial charge in [0.05, 0.1) is 16.4 Å². The maximum absolute atomic E-state index is 13.5. The summed E-state index contributed by atoms with van der Waals surface area (Å²) in [5.41, 5.74) is 0.170. The Morgan fingerprint density at radius 3 is 3.00 bits per heavy atom. The van der Waals surface area contributed by atoms with Gasteiger partial charge in [-0.25, -0.2) is 9.37 Å². The third-order valence-corrected chi connectivity index (χ3v) is 3.18. The van der Waals surface area contributed by atoms with Gasteiger partial charge in [-0.1, -0.05) is 11.6 Å². The molecule has 88 valence electrons. The SMILES string of the molecule is O=c1c(I)cncn1Cc1cc(Cl)ccc1F. The monoisotopic (exact) mass is 364 g/mol. The molecule has 6 heteroatoms. The zero-order valence-corrected chi connectivity index (χ0v) is 11.4. The lowest BCUT2D eigenvalue weighted by Crippen LogP contribution is -2.23. The topological polar surface area (TPSA) is 34.9 Å². The zero-order valence-electron chi connectivity index (χ0n) is 8.53. The molecule has 17 heavy (non-hydrogen) atoms. The average molecular weight is 365 g/mol. The summed E-state index contributed by atoms with van der Waals surface area (Å²) >= 11 is 7.68. The quantitative estimate of drug-likeness (QED) is 0.768. The van der Waals surface area contributed by atoms with Gasteiger partial charge in [0.25, 0.3) is 5.56 Å². The van der Waals surface area contributed by atoms with Crippen LogP contribution >= 0.6 is 34.2 Å². The van der Waals surface area contributed by atoms with Crippen molar-refractivity contribution in [2.24, 2.45) is 0 Å². The van der Waals surface area contributed by atoms with E-state index in [0.29, 0.717) is 14.2 Å². The van der Waals surface area contributed by atoms with Gasteiger partial charge >= 0.3 is 0 Å². The number of hydrogen-bond acceptors (Lipinski definition) is 2. The van der Waals surface area contributed by atoms with Crippen molar-refractivity contribution in [2.75, 3.05) is 0 Å². The van der Waals surface area contributed by atoms with Crippen LogP contribution in [-0.4, -0.2) is 9.55 Å². The number of halogens is 3. The molecule has 1 aromatic heterocycles. The molecule has 1 aromatic carbocycles. The molecular weight excluding hydrogens is 357 g/mol. The molecule has 1 heterocycles. The van der Waals surface area contributed by atoms with Crippen LogP contribution in [0.5, 0.6) is 0 Å². The summed E-state index contributed by atoms with van der Waals surface area (Å²) in [5, 5.41) is 0.438. The second-order valence-electron chi connectivity index (χ2n) is 3.41. The highest BCUT2D eigenvalue weighted by Crippen LogP contribution is 2.15. The summed E-state index contributed by atoms with van der Waals surface area (Å²) in [6.07, 6.45) is 2.85. The highest BCUT2D eigenvalue weighted by molar-refractivity contribution is 14.1. The van der Waals surface area contributed by atoms with E-state index in [0.717, 1.165) is 0 Å². The Hall–Kier alpha value is -0.950. The zero-order chi connectivity index (χ0) is 12.4. The lowest BCUT2D eigenvalue weighted by molar-refractivity contribution is 0.593. The summed E-state index contributed by atoms with van der Waals surface area (Å²) in [7, 11) is 0. The molecule has 0 saturated heterocycles. The Kier molecular flexibility index (Phi) is 3.78. The number of benzene rings is 1. The van der Waals surface area contributed by atoms with E-state index in [9.17, 15) is 9.18 Å². The molecule has 0 aliphatic carbocycles. The van der Waals surface area contributed by atoms with E-state index < -0.39 is 0 Å². The first-order valence-electron chi connectivity index (χ1n) is 4.72. The summed E-state index contributed by atoms with van der Waals surface area (Å²) in [4.78, 5) is 15.6. The van der Waals surface area contributed by atoms with Gasteiger partial charge in [-0.05, 0) is 40.8 Å². The molecule has 2 rings (SSSR count). The van der Waals surface area contributed by atoms with E-state index in [2.05, 4.69) is 4.98 Å². The number of hydrogen-bond donors (Lipinski definition) is 0. The van der Waals surface area contributed by atoms with Gasteiger partial charge in [-0.2, -0.15) is 0 Å². The minimum atomic E-state index is -0.389. The van der Waals surface area contributed by atoms with Crippen molar-refractivity contribution in [1.29, 1.82) is 0 Å². The van der Waals surface area contributed by atoms with Crippen molar-refractivity contribution in [3.05, 3.63) is 61.1 Å². The molecule has 0 bridgehead atoms. The summed E-state index contributed by atoms with van der Waals surface area (Å²) in [6.45, 7) is 0.120. The molecule has 0 fully saturated rings. The van der Waals surface area contributed by atoms with Crippen molar-refractivity contribution in [1.82, 2.24) is 9.55 Å². The Balaban J connectivity index is 2.41. The summed E-state index contributed by atoms with van der Waals surface area (Å²) in [6, 6.07) is 4.25. The van der Waals surface area contributed by atoms with Gasteiger partial charge in [0.15, 0.2) is 0 Å². The lowest BCUT2D eigenvalue weighted by atomic mass is 10.2. The maximum atomic E-state index is 13.5. The minimum Gasteiger partial charge on any atom is -0.294 e. The van der Waals surface area contributed by atoms with Crippen molar-refractivity contribution in [3.8, 4) is 0 Å². The van der Waals surface area contributed by atoms with Crippen LogP contribution in [0.4, 0.5) is 4.39 Å². The van der Waals surface area contributed by atoms with Gasteiger partial charge < -0.3 is 0 Å². The highest BCUT2D eigenvalue weighted by atomic mass is 127. The first-order valence-corrected chi connectivity index (χ1v) is 6.17. The van der Waals surface area contributed by atoms with Crippen LogP contribution < -0.4 is 5.56 Å². The third kappa shape index (κ3) is 2.84. The van der Waals surface area contributed by atoms with Crippen molar-refractivity contribution in [3.63, 3.8) is 0 Å². The first-order chi connectivity index (χ1) is 8.08. The molecule has 0 aliphatic rings. The maximum Gasteiger partial charge on any atom is 0.267 e. The number of nitrogens with zero attached hydrogens (tertiary/aromatic N) is 2. The Labute approximate surface area is 115 Å². The molecule has 0 unspecified atom stereocenters. The Morgan fingerprint density at radius 1 is 1.47 bits per heavy atom. The second-order valence-corrected chi connectivity index (χ2v) is 5.01. The van der Waals surface area contributed by atoms with Crippen LogP contribution in [0.15, 0.2) is 35.5 Å². The third-order valence-electron chi connectivity index (χ3n) is 2.21. The summed E-state index contributed by atoms with van der Waals surface area (Å²) < 4.78 is 15.3. The van der Waals surface area contributed by atoms with Crippen molar-refractivity contribution in [2.45, 2.75) is 6.54 Å². The highest BCUT2D eigenvalue weighted by Gasteiger charge is 2.06. The fourth-order valence-electron chi connectivity index (χ4n) is 1.38. The molecule has 2 aromatic rings. The van der Waals surface area contributed by atoms with Gasteiger partial charge in [-0.3, -0.25) is 9.36 Å². The smallest absolute Gasteiger partial charge is 0.267 e. The predicted molar refractivity (Wildman–Crippen MR) is 71.7 cm³/mol. The fourth-order valence-corrected chi connectivity index (χ4v) is 2.05. The average Bonchev–Trinajstić information content (AvgIpc) is 2.30. The molecule has 0 spiro atoms. The first kappa shape index (κ1) is 12.5. The van der Waals surface area contributed by atoms with Crippen molar-refractivity contribution < 1.29 is 4.39 Å². The van der Waals surface area contributed by atoms with Gasteiger partial charge in [-0.15, -0.1) is 0 Å². The van der Waals surface area contributed by atoms with E-state index in [1.807, 2.05) is 22.6 Å². The predicted octanol–water partition coefficient (Wildman–Crippen LogP) is 2.69. The van der Waals surface area contributed by atoms with E-state index in [1.54, 1.807) is 0 Å². The molecule has 0 atom stereocenters. The van der Waals surface area contributed by atoms with E-state index in [-0.39, 0.29) is 17.9 Å². The van der Waals surface area contributed by atoms with Gasteiger partial charge in [0, 0.05) is 16.8 Å². The van der Waals surface area contributed by atoms with Crippen molar-refractivity contribution >= 4 is 34.2 Å². The van der Waals surface area contributed by atoms with E-state index in [4.69, 9.17) is 11.6 Å². The number of aromatic nitrogens is 2. The van der Waals surface area contributed by atoms with Crippen LogP contribution in [0, 0.1) is 9.39 Å². The molecule has 0 N–H and O–H groups in total.